The van der Waals surface area contributed by atoms with Gasteiger partial charge in [0.2, 0.25) is 0 Å². The summed E-state index contributed by atoms with van der Waals surface area (Å²) in [5.74, 6) is 1.63. The van der Waals surface area contributed by atoms with Crippen LogP contribution in [0.25, 0.3) is 0 Å². The topological polar surface area (TPSA) is 0 Å². The Morgan fingerprint density at radius 2 is 1.50 bits per heavy atom. The van der Waals surface area contributed by atoms with Gasteiger partial charge in [-0.25, -0.2) is 0 Å². The second-order valence-electron chi connectivity index (χ2n) is 4.88. The smallest absolute Gasteiger partial charge is 0.148 e. The van der Waals surface area contributed by atoms with Crippen molar-refractivity contribution in [3.05, 3.63) is 11.3 Å². The van der Waals surface area contributed by atoms with Crippen molar-refractivity contribution in [1.29, 1.82) is 0 Å². The summed E-state index contributed by atoms with van der Waals surface area (Å²) in [6, 6.07) is 0. The molecule has 0 aromatic heterocycles. The van der Waals surface area contributed by atoms with Gasteiger partial charge in [0, 0.05) is 0 Å². The van der Waals surface area contributed by atoms with Crippen LogP contribution in [0.1, 0.15) is 53.4 Å². The molecule has 0 radical (unpaired) electrons. The van der Waals surface area contributed by atoms with E-state index in [9.17, 15) is 0 Å². The normalized spacial score (nSPS) is 11.9. The first-order valence-corrected chi connectivity index (χ1v) is 8.75. The second-order valence-corrected chi connectivity index (χ2v) is 6.52. The van der Waals surface area contributed by atoms with Gasteiger partial charge in [0.25, 0.3) is 0 Å². The molecule has 0 rings (SSSR count). The monoisotopic (exact) mass is 232 g/mol. The predicted octanol–water partition coefficient (Wildman–Crippen LogP) is 4.07. The van der Waals surface area contributed by atoms with Crippen LogP contribution in [0, 0.1) is 11.8 Å². The summed E-state index contributed by atoms with van der Waals surface area (Å²) in [4.78, 5) is 0. The zero-order valence-corrected chi connectivity index (χ0v) is 12.3. The first-order valence-electron chi connectivity index (χ1n) is 5.80. The van der Waals surface area contributed by atoms with E-state index >= 15 is 0 Å². The molecule has 0 bridgehead atoms. The molecule has 0 unspecified atom stereocenters. The summed E-state index contributed by atoms with van der Waals surface area (Å²) < 4.78 is 0. The summed E-state index contributed by atoms with van der Waals surface area (Å²) in [6.07, 6.45) is 5.17. The highest BCUT2D eigenvalue weighted by Crippen LogP contribution is 2.18. The summed E-state index contributed by atoms with van der Waals surface area (Å²) in [6.45, 7) is 9.16. The lowest BCUT2D eigenvalue weighted by atomic mass is 9.97. The molecule has 0 saturated carbocycles. The maximum absolute atomic E-state index is 5.89. The minimum atomic E-state index is -0.413. The third-order valence-corrected chi connectivity index (χ3v) is 3.65. The van der Waals surface area contributed by atoms with Crippen molar-refractivity contribution in [1.82, 2.24) is 0 Å². The maximum Gasteiger partial charge on any atom is 0.148 e. The van der Waals surface area contributed by atoms with E-state index in [1.165, 1.54) is 25.7 Å². The van der Waals surface area contributed by atoms with E-state index in [0.29, 0.717) is 0 Å². The number of hydrogen-bond donors (Lipinski definition) is 0. The van der Waals surface area contributed by atoms with Crippen molar-refractivity contribution in [3.63, 3.8) is 0 Å². The minimum Gasteiger partial charge on any atom is -0.171 e. The lowest BCUT2D eigenvalue weighted by Gasteiger charge is -2.10. The zero-order chi connectivity index (χ0) is 11.0. The number of hydrogen-bond acceptors (Lipinski definition) is 0. The fraction of sp³-hybridized carbons (Fsp3) is 0.833. The van der Waals surface area contributed by atoms with E-state index in [1.54, 1.807) is 5.57 Å². The predicted molar refractivity (Wildman–Crippen MR) is 70.6 cm³/mol. The molecule has 0 aliphatic heterocycles. The lowest BCUT2D eigenvalue weighted by Crippen LogP contribution is -1.95. The Kier molecular flexibility index (Phi) is 8.70. The van der Waals surface area contributed by atoms with Crippen molar-refractivity contribution in [2.45, 2.75) is 53.4 Å². The molecule has 0 heterocycles. The average molecular weight is 233 g/mol. The third kappa shape index (κ3) is 8.83. The van der Waals surface area contributed by atoms with Crippen molar-refractivity contribution in [2.24, 2.45) is 11.8 Å². The second kappa shape index (κ2) is 8.55. The number of halogens is 1. The van der Waals surface area contributed by atoms with Gasteiger partial charge in [-0.15, -0.1) is 0 Å². The molecule has 0 aromatic rings. The molecule has 0 fully saturated rings. The molecule has 0 atom stereocenters. The van der Waals surface area contributed by atoms with Crippen molar-refractivity contribution < 1.29 is 0 Å². The van der Waals surface area contributed by atoms with Crippen LogP contribution in [0.15, 0.2) is 11.3 Å². The van der Waals surface area contributed by atoms with Crippen LogP contribution < -0.4 is 0 Å². The van der Waals surface area contributed by atoms with Crippen LogP contribution in [-0.2, 0) is 0 Å². The van der Waals surface area contributed by atoms with Gasteiger partial charge in [-0.3, -0.25) is 0 Å². The summed E-state index contributed by atoms with van der Waals surface area (Å²) >= 11 is 5.89. The number of allylic oxidation sites excluding steroid dienone is 1. The molecule has 84 valence electrons. The molecule has 0 N–H and O–H groups in total. The lowest BCUT2D eigenvalue weighted by molar-refractivity contribution is 0.546. The summed E-state index contributed by atoms with van der Waals surface area (Å²) in [5, 5.41) is 0. The molecular formula is C12H25ClSi. The molecule has 0 aliphatic carbocycles. The largest absolute Gasteiger partial charge is 0.171 e. The Balaban J connectivity index is 3.84. The summed E-state index contributed by atoms with van der Waals surface area (Å²) in [5.41, 5.74) is 3.96. The van der Waals surface area contributed by atoms with E-state index in [4.69, 9.17) is 11.1 Å². The number of rotatable bonds is 7. The van der Waals surface area contributed by atoms with Crippen LogP contribution in [0.5, 0.6) is 0 Å². The average Bonchev–Trinajstić information content (AvgIpc) is 2.09. The van der Waals surface area contributed by atoms with Gasteiger partial charge in [-0.1, -0.05) is 39.0 Å². The van der Waals surface area contributed by atoms with Gasteiger partial charge >= 0.3 is 0 Å². The molecule has 0 nitrogen and oxygen atoms in total. The molecule has 0 amide bonds. The molecule has 2 heteroatoms. The van der Waals surface area contributed by atoms with Gasteiger partial charge in [0.15, 0.2) is 0 Å². The Labute approximate surface area is 96.6 Å². The minimum absolute atomic E-state index is 0.413. The van der Waals surface area contributed by atoms with Gasteiger partial charge in [0.1, 0.15) is 8.83 Å². The molecular weight excluding hydrogens is 208 g/mol. The Morgan fingerprint density at radius 3 is 1.79 bits per heavy atom. The van der Waals surface area contributed by atoms with E-state index in [2.05, 4.69) is 33.4 Å². The highest BCUT2D eigenvalue weighted by atomic mass is 35.6. The molecule has 0 aliphatic rings. The van der Waals surface area contributed by atoms with Crippen LogP contribution in [0.4, 0.5) is 0 Å². The van der Waals surface area contributed by atoms with Crippen LogP contribution in [-0.4, -0.2) is 8.83 Å². The Hall–Kier alpha value is 0.247. The van der Waals surface area contributed by atoms with E-state index < -0.39 is 8.83 Å². The zero-order valence-electron chi connectivity index (χ0n) is 10.1. The van der Waals surface area contributed by atoms with Crippen molar-refractivity contribution in [3.8, 4) is 0 Å². The van der Waals surface area contributed by atoms with Gasteiger partial charge < -0.3 is 0 Å². The highest BCUT2D eigenvalue weighted by Gasteiger charge is 2.02. The maximum atomic E-state index is 5.89. The van der Waals surface area contributed by atoms with Gasteiger partial charge in [-0.2, -0.15) is 11.1 Å². The molecule has 14 heavy (non-hydrogen) atoms. The fourth-order valence-electron chi connectivity index (χ4n) is 1.39. The van der Waals surface area contributed by atoms with E-state index in [0.717, 1.165) is 11.8 Å². The first kappa shape index (κ1) is 14.2. The molecule has 0 saturated heterocycles. The first-order chi connectivity index (χ1) is 6.56. The SMILES string of the molecule is CC(C)CCC(=C[SiH2]Cl)CCC(C)C. The van der Waals surface area contributed by atoms with Crippen LogP contribution >= 0.6 is 11.1 Å². The molecule has 0 aromatic carbocycles. The van der Waals surface area contributed by atoms with Crippen LogP contribution in [0.3, 0.4) is 0 Å². The van der Waals surface area contributed by atoms with Crippen molar-refractivity contribution >= 4 is 19.9 Å². The van der Waals surface area contributed by atoms with E-state index in [-0.39, 0.29) is 0 Å². The highest BCUT2D eigenvalue weighted by molar-refractivity contribution is 6.96. The van der Waals surface area contributed by atoms with Crippen molar-refractivity contribution in [2.75, 3.05) is 0 Å². The third-order valence-electron chi connectivity index (χ3n) is 2.45. The van der Waals surface area contributed by atoms with Crippen LogP contribution in [0.2, 0.25) is 0 Å². The van der Waals surface area contributed by atoms with Gasteiger partial charge in [0.05, 0.1) is 0 Å². The standard InChI is InChI=1S/C12H25ClSi/c1-10(2)5-7-12(9-14-13)8-6-11(3)4/h9-11H,5-8,14H2,1-4H3. The molecule has 0 spiro atoms. The quantitative estimate of drug-likeness (QED) is 0.459. The fourth-order valence-corrected chi connectivity index (χ4v) is 2.67. The van der Waals surface area contributed by atoms with E-state index in [1.807, 2.05) is 0 Å². The summed E-state index contributed by atoms with van der Waals surface area (Å²) in [7, 11) is -0.413. The Bertz CT molecular complexity index is 148. The Morgan fingerprint density at radius 1 is 1.07 bits per heavy atom. The van der Waals surface area contributed by atoms with Gasteiger partial charge in [-0.05, 0) is 37.5 Å².